The molecule has 10 heteroatoms. The number of carbonyl (C=O) groups excluding carboxylic acids is 1. The van der Waals surface area contributed by atoms with Gasteiger partial charge in [0, 0.05) is 11.8 Å². The summed E-state index contributed by atoms with van der Waals surface area (Å²) in [6.07, 6.45) is 0. The molecule has 1 amide bonds. The normalized spacial score (nSPS) is 10.8. The summed E-state index contributed by atoms with van der Waals surface area (Å²) in [4.78, 5) is 12.2. The van der Waals surface area contributed by atoms with E-state index in [4.69, 9.17) is 14.2 Å². The van der Waals surface area contributed by atoms with Crippen molar-refractivity contribution in [2.75, 3.05) is 30.9 Å². The maximum Gasteiger partial charge on any atom is 0.262 e. The second-order valence-electron chi connectivity index (χ2n) is 6.49. The number of rotatable bonds is 9. The Hall–Kier alpha value is -3.79. The predicted molar refractivity (Wildman–Crippen MR) is 117 cm³/mol. The fourth-order valence-electron chi connectivity index (χ4n) is 2.68. The second-order valence-corrected chi connectivity index (χ2v) is 8.17. The standard InChI is InChI=1S/C22H21FN2O6S/c1-29-18-9-12-20(21(13-18)30-2)24-22(26)14-31-17-7-10-19(11-8-17)32(27,28)25-16-5-3-15(23)4-6-16/h3-13,25H,14H2,1-2H3,(H,24,26). The SMILES string of the molecule is COc1ccc(NC(=O)COc2ccc(S(=O)(=O)Nc3ccc(F)cc3)cc2)c(OC)c1. The molecule has 0 aromatic heterocycles. The fraction of sp³-hybridized carbons (Fsp3) is 0.136. The van der Waals surface area contributed by atoms with Crippen LogP contribution in [-0.4, -0.2) is 35.2 Å². The van der Waals surface area contributed by atoms with E-state index < -0.39 is 21.7 Å². The van der Waals surface area contributed by atoms with Gasteiger partial charge in [-0.05, 0) is 60.7 Å². The first-order valence-corrected chi connectivity index (χ1v) is 10.8. The molecule has 168 valence electrons. The number of carbonyl (C=O) groups is 1. The van der Waals surface area contributed by atoms with Crippen LogP contribution in [0.4, 0.5) is 15.8 Å². The number of hydrogen-bond donors (Lipinski definition) is 2. The summed E-state index contributed by atoms with van der Waals surface area (Å²) < 4.78 is 56.0. The minimum Gasteiger partial charge on any atom is -0.497 e. The van der Waals surface area contributed by atoms with Gasteiger partial charge in [-0.1, -0.05) is 0 Å². The van der Waals surface area contributed by atoms with E-state index in [0.717, 1.165) is 12.1 Å². The number of methoxy groups -OCH3 is 2. The van der Waals surface area contributed by atoms with Crippen molar-refractivity contribution < 1.29 is 31.8 Å². The fourth-order valence-corrected chi connectivity index (χ4v) is 3.74. The summed E-state index contributed by atoms with van der Waals surface area (Å²) in [7, 11) is -0.862. The number of benzene rings is 3. The molecule has 0 atom stereocenters. The van der Waals surface area contributed by atoms with Crippen LogP contribution >= 0.6 is 0 Å². The Morgan fingerprint density at radius 3 is 2.19 bits per heavy atom. The van der Waals surface area contributed by atoms with Crippen LogP contribution in [0, 0.1) is 5.82 Å². The summed E-state index contributed by atoms with van der Waals surface area (Å²) in [5, 5.41) is 2.67. The van der Waals surface area contributed by atoms with Crippen LogP contribution in [0.5, 0.6) is 17.2 Å². The molecular weight excluding hydrogens is 439 g/mol. The molecule has 8 nitrogen and oxygen atoms in total. The number of halogens is 1. The molecule has 2 N–H and O–H groups in total. The molecule has 0 radical (unpaired) electrons. The molecule has 0 saturated carbocycles. The lowest BCUT2D eigenvalue weighted by atomic mass is 10.2. The predicted octanol–water partition coefficient (Wildman–Crippen LogP) is 3.66. The van der Waals surface area contributed by atoms with E-state index >= 15 is 0 Å². The highest BCUT2D eigenvalue weighted by Crippen LogP contribution is 2.29. The second kappa shape index (κ2) is 10.0. The maximum atomic E-state index is 13.0. The Morgan fingerprint density at radius 2 is 1.56 bits per heavy atom. The third kappa shape index (κ3) is 5.88. The van der Waals surface area contributed by atoms with Crippen LogP contribution in [0.25, 0.3) is 0 Å². The molecule has 0 aliphatic rings. The monoisotopic (exact) mass is 460 g/mol. The molecule has 0 aliphatic carbocycles. The van der Waals surface area contributed by atoms with Crippen molar-refractivity contribution >= 4 is 27.3 Å². The van der Waals surface area contributed by atoms with Crippen LogP contribution in [0.1, 0.15) is 0 Å². The van der Waals surface area contributed by atoms with Crippen molar-refractivity contribution in [2.45, 2.75) is 4.90 Å². The van der Waals surface area contributed by atoms with E-state index in [1.807, 2.05) is 0 Å². The van der Waals surface area contributed by atoms with Gasteiger partial charge in [-0.15, -0.1) is 0 Å². The zero-order chi connectivity index (χ0) is 23.1. The van der Waals surface area contributed by atoms with Crippen molar-refractivity contribution in [3.63, 3.8) is 0 Å². The van der Waals surface area contributed by atoms with Gasteiger partial charge in [-0.3, -0.25) is 9.52 Å². The van der Waals surface area contributed by atoms with Crippen molar-refractivity contribution in [1.82, 2.24) is 0 Å². The van der Waals surface area contributed by atoms with Gasteiger partial charge in [-0.25, -0.2) is 12.8 Å². The number of amides is 1. The molecule has 3 rings (SSSR count). The quantitative estimate of drug-likeness (QED) is 0.505. The number of hydrogen-bond acceptors (Lipinski definition) is 6. The lowest BCUT2D eigenvalue weighted by Crippen LogP contribution is -2.20. The molecule has 0 unspecified atom stereocenters. The number of sulfonamides is 1. The van der Waals surface area contributed by atoms with Crippen LogP contribution in [-0.2, 0) is 14.8 Å². The van der Waals surface area contributed by atoms with Gasteiger partial charge in [0.05, 0.1) is 24.8 Å². The first kappa shape index (κ1) is 22.9. The van der Waals surface area contributed by atoms with Crippen LogP contribution < -0.4 is 24.2 Å². The summed E-state index contributed by atoms with van der Waals surface area (Å²) >= 11 is 0. The van der Waals surface area contributed by atoms with Gasteiger partial charge in [0.1, 0.15) is 23.1 Å². The van der Waals surface area contributed by atoms with E-state index in [0.29, 0.717) is 22.9 Å². The molecule has 3 aromatic carbocycles. The Morgan fingerprint density at radius 1 is 0.906 bits per heavy atom. The van der Waals surface area contributed by atoms with E-state index in [9.17, 15) is 17.6 Å². The Labute approximate surface area is 185 Å². The highest BCUT2D eigenvalue weighted by Gasteiger charge is 2.15. The summed E-state index contributed by atoms with van der Waals surface area (Å²) in [5.74, 6) is 0.426. The van der Waals surface area contributed by atoms with E-state index in [1.54, 1.807) is 18.2 Å². The topological polar surface area (TPSA) is 103 Å². The first-order chi connectivity index (χ1) is 15.3. The maximum absolute atomic E-state index is 13.0. The number of anilines is 2. The van der Waals surface area contributed by atoms with E-state index in [2.05, 4.69) is 10.0 Å². The van der Waals surface area contributed by atoms with Crippen molar-refractivity contribution in [1.29, 1.82) is 0 Å². The molecule has 0 bridgehead atoms. The van der Waals surface area contributed by atoms with Gasteiger partial charge in [0.25, 0.3) is 15.9 Å². The summed E-state index contributed by atoms with van der Waals surface area (Å²) in [5.41, 5.74) is 0.688. The molecular formula is C22H21FN2O6S. The van der Waals surface area contributed by atoms with Crippen LogP contribution in [0.3, 0.4) is 0 Å². The highest BCUT2D eigenvalue weighted by atomic mass is 32.2. The van der Waals surface area contributed by atoms with E-state index in [1.165, 1.54) is 50.6 Å². The van der Waals surface area contributed by atoms with Crippen LogP contribution in [0.15, 0.2) is 71.6 Å². The number of ether oxygens (including phenoxy) is 3. The Balaban J connectivity index is 1.58. The molecule has 0 saturated heterocycles. The zero-order valence-electron chi connectivity index (χ0n) is 17.3. The lowest BCUT2D eigenvalue weighted by Gasteiger charge is -2.12. The lowest BCUT2D eigenvalue weighted by molar-refractivity contribution is -0.118. The third-order valence-electron chi connectivity index (χ3n) is 4.28. The van der Waals surface area contributed by atoms with Crippen molar-refractivity contribution in [3.05, 3.63) is 72.5 Å². The largest absolute Gasteiger partial charge is 0.497 e. The van der Waals surface area contributed by atoms with Gasteiger partial charge >= 0.3 is 0 Å². The molecule has 0 fully saturated rings. The third-order valence-corrected chi connectivity index (χ3v) is 5.68. The molecule has 32 heavy (non-hydrogen) atoms. The molecule has 0 heterocycles. The van der Waals surface area contributed by atoms with Gasteiger partial charge < -0.3 is 19.5 Å². The average Bonchev–Trinajstić information content (AvgIpc) is 2.79. The zero-order valence-corrected chi connectivity index (χ0v) is 18.1. The smallest absolute Gasteiger partial charge is 0.262 e. The van der Waals surface area contributed by atoms with Crippen LogP contribution in [0.2, 0.25) is 0 Å². The minimum absolute atomic E-state index is 0.0124. The Bertz CT molecular complexity index is 1180. The molecule has 3 aromatic rings. The summed E-state index contributed by atoms with van der Waals surface area (Å²) in [6, 6.07) is 15.4. The van der Waals surface area contributed by atoms with Crippen molar-refractivity contribution in [3.8, 4) is 17.2 Å². The first-order valence-electron chi connectivity index (χ1n) is 9.34. The minimum atomic E-state index is -3.86. The summed E-state index contributed by atoms with van der Waals surface area (Å²) in [6.45, 7) is -0.297. The van der Waals surface area contributed by atoms with E-state index in [-0.39, 0.29) is 17.2 Å². The Kier molecular flexibility index (Phi) is 7.16. The number of nitrogens with one attached hydrogen (secondary N) is 2. The highest BCUT2D eigenvalue weighted by molar-refractivity contribution is 7.92. The molecule has 0 aliphatic heterocycles. The average molecular weight is 460 g/mol. The van der Waals surface area contributed by atoms with Gasteiger partial charge in [0.2, 0.25) is 0 Å². The molecule has 0 spiro atoms. The van der Waals surface area contributed by atoms with Gasteiger partial charge in [-0.2, -0.15) is 0 Å². The van der Waals surface area contributed by atoms with Crippen molar-refractivity contribution in [2.24, 2.45) is 0 Å². The van der Waals surface area contributed by atoms with Gasteiger partial charge in [0.15, 0.2) is 6.61 Å².